The molecule has 4 nitrogen and oxygen atoms in total. The van der Waals surface area contributed by atoms with Gasteiger partial charge in [-0.3, -0.25) is 0 Å². The van der Waals surface area contributed by atoms with Crippen LogP contribution >= 0.6 is 0 Å². The van der Waals surface area contributed by atoms with Gasteiger partial charge in [0.15, 0.2) is 0 Å². The Labute approximate surface area is 107 Å². The van der Waals surface area contributed by atoms with Crippen LogP contribution in [0.5, 0.6) is 11.8 Å². The molecule has 1 heterocycles. The van der Waals surface area contributed by atoms with Gasteiger partial charge in [0, 0.05) is 25.0 Å². The fraction of sp³-hybridized carbons (Fsp3) is 0.286. The second-order valence-corrected chi connectivity index (χ2v) is 4.32. The number of hydrogen-bond donors (Lipinski definition) is 1. The summed E-state index contributed by atoms with van der Waals surface area (Å²) in [6.45, 7) is 5.07. The third kappa shape index (κ3) is 3.82. The molecule has 0 saturated heterocycles. The fourth-order valence-electron chi connectivity index (χ4n) is 1.48. The molecule has 4 heteroatoms. The standard InChI is InChI=1S/C14H17N3O/c1-11(2)17-10-12-5-3-6-13(9-12)18-14-15-7-4-8-16-14/h3-9,11,17H,10H2,1-2H3. The molecule has 0 aliphatic carbocycles. The Balaban J connectivity index is 2.03. The molecule has 94 valence electrons. The second-order valence-electron chi connectivity index (χ2n) is 4.32. The lowest BCUT2D eigenvalue weighted by Crippen LogP contribution is -2.21. The first-order valence-corrected chi connectivity index (χ1v) is 6.01. The fourth-order valence-corrected chi connectivity index (χ4v) is 1.48. The van der Waals surface area contributed by atoms with E-state index in [0.717, 1.165) is 12.3 Å². The van der Waals surface area contributed by atoms with Crippen LogP contribution in [-0.2, 0) is 6.54 Å². The quantitative estimate of drug-likeness (QED) is 0.877. The maximum Gasteiger partial charge on any atom is 0.321 e. The van der Waals surface area contributed by atoms with Gasteiger partial charge in [0.1, 0.15) is 5.75 Å². The van der Waals surface area contributed by atoms with Gasteiger partial charge < -0.3 is 10.1 Å². The lowest BCUT2D eigenvalue weighted by molar-refractivity contribution is 0.440. The van der Waals surface area contributed by atoms with Gasteiger partial charge in [-0.1, -0.05) is 26.0 Å². The largest absolute Gasteiger partial charge is 0.424 e. The molecule has 1 aromatic carbocycles. The highest BCUT2D eigenvalue weighted by Crippen LogP contribution is 2.18. The van der Waals surface area contributed by atoms with Crippen molar-refractivity contribution in [3.8, 4) is 11.8 Å². The van der Waals surface area contributed by atoms with Crippen LogP contribution in [0.1, 0.15) is 19.4 Å². The van der Waals surface area contributed by atoms with Crippen molar-refractivity contribution in [2.75, 3.05) is 0 Å². The number of nitrogens with one attached hydrogen (secondary N) is 1. The first kappa shape index (κ1) is 12.5. The van der Waals surface area contributed by atoms with Gasteiger partial charge in [-0.15, -0.1) is 0 Å². The molecular formula is C14H17N3O. The Hall–Kier alpha value is -1.94. The van der Waals surface area contributed by atoms with Crippen LogP contribution < -0.4 is 10.1 Å². The third-order valence-corrected chi connectivity index (χ3v) is 2.36. The lowest BCUT2D eigenvalue weighted by Gasteiger charge is -2.09. The van der Waals surface area contributed by atoms with Crippen LogP contribution in [0.2, 0.25) is 0 Å². The molecule has 2 rings (SSSR count). The minimum atomic E-state index is 0.367. The molecule has 0 bridgehead atoms. The van der Waals surface area contributed by atoms with Crippen molar-refractivity contribution in [1.82, 2.24) is 15.3 Å². The van der Waals surface area contributed by atoms with Crippen molar-refractivity contribution in [3.63, 3.8) is 0 Å². The molecule has 0 spiro atoms. The normalized spacial score (nSPS) is 10.6. The molecule has 0 aliphatic heterocycles. The smallest absolute Gasteiger partial charge is 0.321 e. The third-order valence-electron chi connectivity index (χ3n) is 2.36. The van der Waals surface area contributed by atoms with E-state index in [1.165, 1.54) is 5.56 Å². The summed E-state index contributed by atoms with van der Waals surface area (Å²) in [5.41, 5.74) is 1.18. The van der Waals surface area contributed by atoms with Gasteiger partial charge in [0.2, 0.25) is 0 Å². The summed E-state index contributed by atoms with van der Waals surface area (Å²) in [6, 6.07) is 10.5. The van der Waals surface area contributed by atoms with Crippen molar-refractivity contribution in [2.24, 2.45) is 0 Å². The van der Waals surface area contributed by atoms with E-state index < -0.39 is 0 Å². The summed E-state index contributed by atoms with van der Waals surface area (Å²) in [5, 5.41) is 3.37. The van der Waals surface area contributed by atoms with Crippen LogP contribution in [0, 0.1) is 0 Å². The Morgan fingerprint density at radius 2 is 1.94 bits per heavy atom. The van der Waals surface area contributed by atoms with Crippen molar-refractivity contribution in [2.45, 2.75) is 26.4 Å². The van der Waals surface area contributed by atoms with Crippen LogP contribution in [0.4, 0.5) is 0 Å². The van der Waals surface area contributed by atoms with Gasteiger partial charge >= 0.3 is 6.01 Å². The maximum atomic E-state index is 5.58. The van der Waals surface area contributed by atoms with Crippen molar-refractivity contribution in [3.05, 3.63) is 48.3 Å². The van der Waals surface area contributed by atoms with Gasteiger partial charge in [-0.25, -0.2) is 9.97 Å². The summed E-state index contributed by atoms with van der Waals surface area (Å²) >= 11 is 0. The van der Waals surface area contributed by atoms with E-state index in [2.05, 4.69) is 35.2 Å². The average Bonchev–Trinajstić information content (AvgIpc) is 2.38. The highest BCUT2D eigenvalue weighted by Gasteiger charge is 2.01. The van der Waals surface area contributed by atoms with E-state index in [1.54, 1.807) is 18.5 Å². The van der Waals surface area contributed by atoms with E-state index in [0.29, 0.717) is 12.1 Å². The maximum absolute atomic E-state index is 5.58. The van der Waals surface area contributed by atoms with Crippen LogP contribution in [0.3, 0.4) is 0 Å². The molecule has 1 N–H and O–H groups in total. The summed E-state index contributed by atoms with van der Waals surface area (Å²) < 4.78 is 5.58. The van der Waals surface area contributed by atoms with E-state index in [4.69, 9.17) is 4.74 Å². The van der Waals surface area contributed by atoms with Gasteiger partial charge in [-0.2, -0.15) is 0 Å². The predicted molar refractivity (Wildman–Crippen MR) is 70.5 cm³/mol. The first-order chi connectivity index (χ1) is 8.74. The van der Waals surface area contributed by atoms with Gasteiger partial charge in [0.25, 0.3) is 0 Å². The zero-order valence-corrected chi connectivity index (χ0v) is 10.6. The molecule has 1 aromatic heterocycles. The average molecular weight is 243 g/mol. The molecule has 2 aromatic rings. The Bertz CT molecular complexity index is 485. The highest BCUT2D eigenvalue weighted by molar-refractivity contribution is 5.30. The monoisotopic (exact) mass is 243 g/mol. The number of nitrogens with zero attached hydrogens (tertiary/aromatic N) is 2. The second kappa shape index (κ2) is 6.12. The summed E-state index contributed by atoms with van der Waals surface area (Å²) in [4.78, 5) is 8.06. The molecule has 0 unspecified atom stereocenters. The zero-order valence-electron chi connectivity index (χ0n) is 10.6. The lowest BCUT2D eigenvalue weighted by atomic mass is 10.2. The molecule has 0 atom stereocenters. The van der Waals surface area contributed by atoms with Crippen molar-refractivity contribution >= 4 is 0 Å². The van der Waals surface area contributed by atoms with Gasteiger partial charge in [-0.05, 0) is 23.8 Å². The van der Waals surface area contributed by atoms with E-state index in [1.807, 2.05) is 18.2 Å². The summed E-state index contributed by atoms with van der Waals surface area (Å²) in [7, 11) is 0. The zero-order chi connectivity index (χ0) is 12.8. The summed E-state index contributed by atoms with van der Waals surface area (Å²) in [5.74, 6) is 0.754. The molecule has 0 saturated carbocycles. The Kier molecular flexibility index (Phi) is 4.25. The minimum absolute atomic E-state index is 0.367. The number of aromatic nitrogens is 2. The van der Waals surface area contributed by atoms with Crippen LogP contribution in [-0.4, -0.2) is 16.0 Å². The van der Waals surface area contributed by atoms with Crippen molar-refractivity contribution in [1.29, 1.82) is 0 Å². The SMILES string of the molecule is CC(C)NCc1cccc(Oc2ncccn2)c1. The molecule has 0 radical (unpaired) electrons. The number of hydrogen-bond acceptors (Lipinski definition) is 4. The van der Waals surface area contributed by atoms with Crippen molar-refractivity contribution < 1.29 is 4.74 Å². The van der Waals surface area contributed by atoms with E-state index >= 15 is 0 Å². The van der Waals surface area contributed by atoms with E-state index in [-0.39, 0.29) is 0 Å². The first-order valence-electron chi connectivity index (χ1n) is 6.01. The molecular weight excluding hydrogens is 226 g/mol. The highest BCUT2D eigenvalue weighted by atomic mass is 16.5. The van der Waals surface area contributed by atoms with E-state index in [9.17, 15) is 0 Å². The van der Waals surface area contributed by atoms with Crippen LogP contribution in [0.25, 0.3) is 0 Å². The molecule has 0 fully saturated rings. The Morgan fingerprint density at radius 3 is 2.67 bits per heavy atom. The molecule has 0 amide bonds. The predicted octanol–water partition coefficient (Wildman–Crippen LogP) is 2.77. The topological polar surface area (TPSA) is 47.0 Å². The van der Waals surface area contributed by atoms with Gasteiger partial charge in [0.05, 0.1) is 0 Å². The Morgan fingerprint density at radius 1 is 1.17 bits per heavy atom. The van der Waals surface area contributed by atoms with Crippen LogP contribution in [0.15, 0.2) is 42.7 Å². The summed E-state index contributed by atoms with van der Waals surface area (Å²) in [6.07, 6.45) is 3.32. The number of ether oxygens (including phenoxy) is 1. The number of rotatable bonds is 5. The molecule has 18 heavy (non-hydrogen) atoms. The molecule has 0 aliphatic rings. The minimum Gasteiger partial charge on any atom is -0.424 e. The number of benzene rings is 1.